The van der Waals surface area contributed by atoms with Gasteiger partial charge in [0.1, 0.15) is 0 Å². The summed E-state index contributed by atoms with van der Waals surface area (Å²) in [6.45, 7) is 2.89. The van der Waals surface area contributed by atoms with Gasteiger partial charge >= 0.3 is 5.97 Å². The van der Waals surface area contributed by atoms with Crippen LogP contribution in [0.25, 0.3) is 0 Å². The third-order valence-electron chi connectivity index (χ3n) is 2.95. The molecule has 5 N–H and O–H groups in total. The van der Waals surface area contributed by atoms with Gasteiger partial charge in [-0.2, -0.15) is 0 Å². The smallest absolute Gasteiger partial charge is 0.328 e. The van der Waals surface area contributed by atoms with Crippen LogP contribution in [0.2, 0.25) is 0 Å². The minimum Gasteiger partial charge on any atom is -0.480 e. The van der Waals surface area contributed by atoms with Gasteiger partial charge in [0.2, 0.25) is 5.91 Å². The molecule has 6 heteroatoms. The first-order valence-electron chi connectivity index (χ1n) is 5.27. The third-order valence-corrected chi connectivity index (χ3v) is 2.95. The highest BCUT2D eigenvalue weighted by atomic mass is 16.4. The van der Waals surface area contributed by atoms with E-state index in [1.807, 2.05) is 0 Å². The molecule has 3 unspecified atom stereocenters. The summed E-state index contributed by atoms with van der Waals surface area (Å²) in [5.41, 5.74) is 4.77. The number of nitrogens with two attached hydrogens (primary N) is 1. The van der Waals surface area contributed by atoms with Crippen LogP contribution in [-0.2, 0) is 9.59 Å². The number of amides is 1. The number of aliphatic hydroxyl groups is 1. The van der Waals surface area contributed by atoms with Crippen molar-refractivity contribution < 1.29 is 19.8 Å². The minimum absolute atomic E-state index is 0.107. The second kappa shape index (κ2) is 4.39. The molecule has 92 valence electrons. The zero-order valence-electron chi connectivity index (χ0n) is 9.43. The van der Waals surface area contributed by atoms with Gasteiger partial charge in [-0.25, -0.2) is 4.79 Å². The number of carbonyl (C=O) groups is 2. The molecule has 0 saturated heterocycles. The molecule has 0 heterocycles. The molecule has 0 aromatic heterocycles. The summed E-state index contributed by atoms with van der Waals surface area (Å²) in [4.78, 5) is 22.5. The minimum atomic E-state index is -1.31. The predicted molar refractivity (Wildman–Crippen MR) is 56.6 cm³/mol. The van der Waals surface area contributed by atoms with Crippen LogP contribution in [0.5, 0.6) is 0 Å². The molecule has 0 radical (unpaired) electrons. The SMILES string of the molecule is CC(O)C(NC(=O)C(C)(N)C1CC1)C(=O)O. The zero-order valence-corrected chi connectivity index (χ0v) is 9.43. The molecule has 0 bridgehead atoms. The fourth-order valence-corrected chi connectivity index (χ4v) is 1.55. The van der Waals surface area contributed by atoms with E-state index in [9.17, 15) is 14.7 Å². The Morgan fingerprint density at radius 2 is 2.00 bits per heavy atom. The van der Waals surface area contributed by atoms with Crippen molar-refractivity contribution >= 4 is 11.9 Å². The Bertz CT molecular complexity index is 297. The van der Waals surface area contributed by atoms with Crippen molar-refractivity contribution in [2.75, 3.05) is 0 Å². The van der Waals surface area contributed by atoms with Crippen LogP contribution >= 0.6 is 0 Å². The lowest BCUT2D eigenvalue weighted by molar-refractivity contribution is -0.145. The molecule has 0 aromatic rings. The largest absolute Gasteiger partial charge is 0.480 e. The lowest BCUT2D eigenvalue weighted by atomic mass is 9.95. The molecule has 16 heavy (non-hydrogen) atoms. The summed E-state index contributed by atoms with van der Waals surface area (Å²) in [6, 6.07) is -1.31. The van der Waals surface area contributed by atoms with E-state index >= 15 is 0 Å². The monoisotopic (exact) mass is 230 g/mol. The van der Waals surface area contributed by atoms with Crippen molar-refractivity contribution in [2.45, 2.75) is 44.4 Å². The predicted octanol–water partition coefficient (Wildman–Crippen LogP) is -0.936. The summed E-state index contributed by atoms with van der Waals surface area (Å²) in [5, 5.41) is 20.3. The van der Waals surface area contributed by atoms with Gasteiger partial charge in [-0.05, 0) is 32.6 Å². The molecule has 0 aromatic carbocycles. The van der Waals surface area contributed by atoms with Crippen molar-refractivity contribution in [2.24, 2.45) is 11.7 Å². The Morgan fingerprint density at radius 1 is 1.50 bits per heavy atom. The van der Waals surface area contributed by atoms with Crippen molar-refractivity contribution in [1.82, 2.24) is 5.32 Å². The lowest BCUT2D eigenvalue weighted by Crippen LogP contribution is -2.59. The second-order valence-electron chi connectivity index (χ2n) is 4.59. The molecule has 1 aliphatic rings. The molecule has 0 spiro atoms. The average Bonchev–Trinajstić information content (AvgIpc) is 2.95. The number of nitrogens with one attached hydrogen (secondary N) is 1. The number of aliphatic hydroxyl groups excluding tert-OH is 1. The summed E-state index contributed by atoms with van der Waals surface area (Å²) in [7, 11) is 0. The third kappa shape index (κ3) is 2.70. The summed E-state index contributed by atoms with van der Waals surface area (Å²) < 4.78 is 0. The van der Waals surface area contributed by atoms with Crippen molar-refractivity contribution in [3.05, 3.63) is 0 Å². The first kappa shape index (κ1) is 12.9. The maximum atomic E-state index is 11.8. The van der Waals surface area contributed by atoms with E-state index in [-0.39, 0.29) is 5.92 Å². The lowest BCUT2D eigenvalue weighted by Gasteiger charge is -2.26. The van der Waals surface area contributed by atoms with Gasteiger partial charge in [0.15, 0.2) is 6.04 Å². The molecule has 3 atom stereocenters. The van der Waals surface area contributed by atoms with Crippen LogP contribution in [0.4, 0.5) is 0 Å². The fraction of sp³-hybridized carbons (Fsp3) is 0.800. The highest BCUT2D eigenvalue weighted by Crippen LogP contribution is 2.38. The van der Waals surface area contributed by atoms with Crippen molar-refractivity contribution in [3.63, 3.8) is 0 Å². The van der Waals surface area contributed by atoms with E-state index in [1.165, 1.54) is 6.92 Å². The quantitative estimate of drug-likeness (QED) is 0.487. The Kier molecular flexibility index (Phi) is 3.54. The average molecular weight is 230 g/mol. The number of hydrogen-bond donors (Lipinski definition) is 4. The van der Waals surface area contributed by atoms with Crippen LogP contribution in [0.15, 0.2) is 0 Å². The van der Waals surface area contributed by atoms with Gasteiger partial charge in [-0.1, -0.05) is 0 Å². The van der Waals surface area contributed by atoms with Crippen LogP contribution in [-0.4, -0.2) is 39.8 Å². The van der Waals surface area contributed by atoms with Gasteiger partial charge in [-0.3, -0.25) is 4.79 Å². The maximum absolute atomic E-state index is 11.8. The highest BCUT2D eigenvalue weighted by molar-refractivity contribution is 5.90. The number of carbonyl (C=O) groups excluding carboxylic acids is 1. The van der Waals surface area contributed by atoms with E-state index < -0.39 is 29.6 Å². The molecule has 1 aliphatic carbocycles. The first-order valence-corrected chi connectivity index (χ1v) is 5.27. The first-order chi connectivity index (χ1) is 7.26. The Hall–Kier alpha value is -1.14. The topological polar surface area (TPSA) is 113 Å². The van der Waals surface area contributed by atoms with E-state index in [0.29, 0.717) is 0 Å². The van der Waals surface area contributed by atoms with E-state index in [2.05, 4.69) is 5.32 Å². The van der Waals surface area contributed by atoms with Crippen molar-refractivity contribution in [3.8, 4) is 0 Å². The second-order valence-corrected chi connectivity index (χ2v) is 4.59. The number of carboxylic acid groups (broad SMARTS) is 1. The van der Waals surface area contributed by atoms with Gasteiger partial charge < -0.3 is 21.3 Å². The molecule has 1 fully saturated rings. The Labute approximate surface area is 93.8 Å². The summed E-state index contributed by atoms with van der Waals surface area (Å²) in [6.07, 6.45) is 0.608. The van der Waals surface area contributed by atoms with Crippen LogP contribution in [0.3, 0.4) is 0 Å². The highest BCUT2D eigenvalue weighted by Gasteiger charge is 2.45. The number of hydrogen-bond acceptors (Lipinski definition) is 4. The Balaban J connectivity index is 2.64. The van der Waals surface area contributed by atoms with Crippen molar-refractivity contribution in [1.29, 1.82) is 0 Å². The molecular weight excluding hydrogens is 212 g/mol. The molecule has 1 amide bonds. The number of aliphatic carboxylic acids is 1. The standard InChI is InChI=1S/C10H18N2O4/c1-5(13)7(8(14)15)12-9(16)10(2,11)6-3-4-6/h5-7,13H,3-4,11H2,1-2H3,(H,12,16)(H,14,15). The van der Waals surface area contributed by atoms with E-state index in [1.54, 1.807) is 6.92 Å². The summed E-state index contributed by atoms with van der Waals surface area (Å²) in [5.74, 6) is -1.69. The summed E-state index contributed by atoms with van der Waals surface area (Å²) >= 11 is 0. The fourth-order valence-electron chi connectivity index (χ4n) is 1.55. The van der Waals surface area contributed by atoms with Gasteiger partial charge in [0.25, 0.3) is 0 Å². The van der Waals surface area contributed by atoms with Gasteiger partial charge in [-0.15, -0.1) is 0 Å². The maximum Gasteiger partial charge on any atom is 0.328 e. The molecule has 1 saturated carbocycles. The van der Waals surface area contributed by atoms with Gasteiger partial charge in [0.05, 0.1) is 11.6 Å². The molecule has 6 nitrogen and oxygen atoms in total. The number of rotatable bonds is 5. The van der Waals surface area contributed by atoms with Crippen LogP contribution in [0, 0.1) is 5.92 Å². The molecule has 0 aliphatic heterocycles. The van der Waals surface area contributed by atoms with Crippen LogP contribution in [0.1, 0.15) is 26.7 Å². The van der Waals surface area contributed by atoms with Crippen LogP contribution < -0.4 is 11.1 Å². The Morgan fingerprint density at radius 3 is 2.31 bits per heavy atom. The normalized spacial score (nSPS) is 23.0. The van der Waals surface area contributed by atoms with E-state index in [0.717, 1.165) is 12.8 Å². The van der Waals surface area contributed by atoms with Gasteiger partial charge in [0, 0.05) is 0 Å². The molecular formula is C10H18N2O4. The van der Waals surface area contributed by atoms with E-state index in [4.69, 9.17) is 10.8 Å². The molecule has 1 rings (SSSR count). The zero-order chi connectivity index (χ0) is 12.5. The number of carboxylic acids is 1.